The van der Waals surface area contributed by atoms with Crippen molar-refractivity contribution in [1.82, 2.24) is 45.2 Å². The number of carbonyl (C=O) groups excluding carboxylic acids is 1. The van der Waals surface area contributed by atoms with E-state index < -0.39 is 72.4 Å². The van der Waals surface area contributed by atoms with Gasteiger partial charge in [-0.3, -0.25) is 43.6 Å². The van der Waals surface area contributed by atoms with Crippen LogP contribution in [0.3, 0.4) is 0 Å². The fourth-order valence-electron chi connectivity index (χ4n) is 7.40. The average Bonchev–Trinajstić information content (AvgIpc) is 3.22. The van der Waals surface area contributed by atoms with E-state index in [-0.39, 0.29) is 122 Å². The van der Waals surface area contributed by atoms with E-state index in [4.69, 9.17) is 5.11 Å². The normalized spacial score (nSPS) is 16.4. The summed E-state index contributed by atoms with van der Waals surface area (Å²) in [6.45, 7) is -0.235. The maximum atomic E-state index is 12.4. The molecular formula is C42H62LuN10O15. The number of urea groups is 1. The fourth-order valence-corrected chi connectivity index (χ4v) is 7.40. The Balaban J connectivity index is 0.0000159. The second kappa shape index (κ2) is 30.2. The molecule has 2 aromatic rings. The van der Waals surface area contributed by atoms with Crippen LogP contribution in [0.2, 0.25) is 0 Å². The van der Waals surface area contributed by atoms with Crippen LogP contribution >= 0.6 is 0 Å². The molecule has 1 aliphatic rings. The number of anilines is 1. The first-order chi connectivity index (χ1) is 31.7. The molecule has 1 aliphatic heterocycles. The number of hydrogen-bond donors (Lipinski definition) is 9. The second-order valence-electron chi connectivity index (χ2n) is 16.5. The largest absolute Gasteiger partial charge is 0.481 e. The van der Waals surface area contributed by atoms with Crippen LogP contribution in [0.4, 0.5) is 10.7 Å². The Morgan fingerprint density at radius 2 is 1.09 bits per heavy atom. The molecule has 2 amide bonds. The van der Waals surface area contributed by atoms with Crippen LogP contribution < -0.4 is 15.5 Å². The van der Waals surface area contributed by atoms with Crippen molar-refractivity contribution in [3.8, 4) is 0 Å². The number of amides is 2. The number of nitrogens with zero attached hydrogens (tertiary/aromatic N) is 8. The van der Waals surface area contributed by atoms with Crippen molar-refractivity contribution >= 4 is 53.8 Å². The van der Waals surface area contributed by atoms with E-state index in [1.807, 2.05) is 24.3 Å². The molecule has 385 valence electrons. The van der Waals surface area contributed by atoms with Crippen molar-refractivity contribution in [3.05, 3.63) is 47.0 Å². The van der Waals surface area contributed by atoms with Gasteiger partial charge in [-0.05, 0) is 36.8 Å². The Labute approximate surface area is 421 Å². The van der Waals surface area contributed by atoms with Gasteiger partial charge in [-0.2, -0.15) is 9.97 Å². The van der Waals surface area contributed by atoms with Gasteiger partial charge in [0.2, 0.25) is 5.95 Å². The third-order valence-corrected chi connectivity index (χ3v) is 10.8. The minimum absolute atomic E-state index is 0. The smallest absolute Gasteiger partial charge is 0.326 e. The molecule has 1 radical (unpaired) electrons. The van der Waals surface area contributed by atoms with E-state index in [2.05, 4.69) is 25.6 Å². The van der Waals surface area contributed by atoms with Gasteiger partial charge < -0.3 is 51.3 Å². The molecule has 0 spiro atoms. The number of aliphatic carboxylic acids is 7. The summed E-state index contributed by atoms with van der Waals surface area (Å²) in [4.78, 5) is 116. The third-order valence-electron chi connectivity index (χ3n) is 10.8. The molecule has 1 aromatic carbocycles. The van der Waals surface area contributed by atoms with E-state index in [0.717, 1.165) is 11.1 Å². The molecule has 1 aromatic heterocycles. The summed E-state index contributed by atoms with van der Waals surface area (Å²) in [6.07, 6.45) is 1.66. The number of carboxylic acids is 7. The SMILES string of the molecule is CN(C)c1nc(CCCCC[C@H](NC(=O)N[C@@H](CCC(=O)O)C(=O)O)C(=O)O)nc(Cc2ccc(CC3CN(CC(=O)O)CCN(CC(=O)O)CCN(CC(=O)O)CCN3CC(=O)O)cc2)n1.[Lu]. The zero-order valence-electron chi connectivity index (χ0n) is 37.9. The van der Waals surface area contributed by atoms with Crippen LogP contribution in [0.15, 0.2) is 24.3 Å². The van der Waals surface area contributed by atoms with Gasteiger partial charge >= 0.3 is 47.8 Å². The summed E-state index contributed by atoms with van der Waals surface area (Å²) >= 11 is 0. The van der Waals surface area contributed by atoms with E-state index in [0.29, 0.717) is 56.1 Å². The first-order valence-corrected chi connectivity index (χ1v) is 21.7. The summed E-state index contributed by atoms with van der Waals surface area (Å²) in [5.41, 5.74) is 1.66. The fraction of sp³-hybridized carbons (Fsp3) is 0.595. The molecule has 1 fully saturated rings. The standard InChI is InChI=1S/C42H62N10O15.Lu/c1-48(2)41-46-32(7-5-3-4-6-30(39(63)64)43-42(67)44-31(40(65)66)12-13-34(53)54)45-33(47-41)21-28-10-8-27(9-11-28)20-29-22-51(25-37(59)60)17-16-49(23-35(55)56)14-15-50(24-36(57)58)18-19-52(29)26-38(61)62;/h8-11,29-31H,3-7,12-26H2,1-2H3,(H,53,54)(H,55,56)(H,57,58)(H,59,60)(H,61,62)(H,63,64)(H,65,66)(H2,43,44,67);/t29?,30-,31-;/m0./s1. The number of aromatic nitrogens is 3. The molecule has 0 saturated carbocycles. The molecule has 68 heavy (non-hydrogen) atoms. The van der Waals surface area contributed by atoms with Crippen LogP contribution in [-0.2, 0) is 52.8 Å². The van der Waals surface area contributed by atoms with Crippen LogP contribution in [-0.4, -0.2) is 222 Å². The molecule has 26 heteroatoms. The monoisotopic (exact) mass is 1120 g/mol. The maximum Gasteiger partial charge on any atom is 0.326 e. The topological polar surface area (TPSA) is 357 Å². The van der Waals surface area contributed by atoms with Crippen molar-refractivity contribution in [2.24, 2.45) is 0 Å². The minimum Gasteiger partial charge on any atom is -0.481 e. The summed E-state index contributed by atoms with van der Waals surface area (Å²) in [5, 5.41) is 70.9. The number of unbranched alkanes of at least 4 members (excludes halogenated alkanes) is 2. The third kappa shape index (κ3) is 23.1. The predicted octanol–water partition coefficient (Wildman–Crippen LogP) is -0.827. The predicted molar refractivity (Wildman–Crippen MR) is 236 cm³/mol. The van der Waals surface area contributed by atoms with Gasteiger partial charge in [0.25, 0.3) is 0 Å². The number of hydrogen-bond acceptors (Lipinski definition) is 16. The zero-order valence-corrected chi connectivity index (χ0v) is 39.6. The van der Waals surface area contributed by atoms with Crippen LogP contribution in [0.5, 0.6) is 0 Å². The first kappa shape index (κ1) is 58.8. The maximum absolute atomic E-state index is 12.4. The van der Waals surface area contributed by atoms with Crippen molar-refractivity contribution in [3.63, 3.8) is 0 Å². The Morgan fingerprint density at radius 3 is 1.60 bits per heavy atom. The summed E-state index contributed by atoms with van der Waals surface area (Å²) < 4.78 is 0. The number of carbonyl (C=O) groups is 8. The van der Waals surface area contributed by atoms with Crippen molar-refractivity contribution in [2.75, 3.05) is 91.0 Å². The number of benzene rings is 1. The summed E-state index contributed by atoms with van der Waals surface area (Å²) in [5.74, 6) is -7.03. The van der Waals surface area contributed by atoms with Crippen LogP contribution in [0, 0.1) is 36.9 Å². The van der Waals surface area contributed by atoms with Gasteiger partial charge in [-0.25, -0.2) is 19.4 Å². The molecule has 2 heterocycles. The zero-order chi connectivity index (χ0) is 49.6. The molecule has 1 unspecified atom stereocenters. The number of aryl methyl sites for hydroxylation is 1. The minimum atomic E-state index is -1.52. The average molecular weight is 1120 g/mol. The molecule has 0 bridgehead atoms. The van der Waals surface area contributed by atoms with Crippen molar-refractivity contribution in [1.29, 1.82) is 0 Å². The quantitative estimate of drug-likeness (QED) is 0.0519. The van der Waals surface area contributed by atoms with Gasteiger partial charge in [0.1, 0.15) is 23.7 Å². The summed E-state index contributed by atoms with van der Waals surface area (Å²) in [6, 6.07) is 3.08. The van der Waals surface area contributed by atoms with Crippen molar-refractivity contribution < 1.29 is 111 Å². The Bertz CT molecular complexity index is 2020. The number of rotatable bonds is 26. The van der Waals surface area contributed by atoms with Crippen molar-refractivity contribution in [2.45, 2.75) is 75.9 Å². The van der Waals surface area contributed by atoms with Gasteiger partial charge in [-0.1, -0.05) is 37.1 Å². The van der Waals surface area contributed by atoms with E-state index in [1.54, 1.807) is 38.6 Å². The van der Waals surface area contributed by atoms with Crippen LogP contribution in [0.1, 0.15) is 61.3 Å². The van der Waals surface area contributed by atoms with Gasteiger partial charge in [0, 0.05) is 122 Å². The Kier molecular flexibility index (Phi) is 26.1. The summed E-state index contributed by atoms with van der Waals surface area (Å²) in [7, 11) is 3.56. The van der Waals surface area contributed by atoms with Gasteiger partial charge in [-0.15, -0.1) is 0 Å². The van der Waals surface area contributed by atoms with E-state index >= 15 is 0 Å². The molecule has 25 nitrogen and oxygen atoms in total. The number of nitrogens with one attached hydrogen (secondary N) is 2. The second-order valence-corrected chi connectivity index (χ2v) is 16.5. The molecule has 0 aliphatic carbocycles. The Hall–Kier alpha value is -5.34. The molecule has 1 saturated heterocycles. The van der Waals surface area contributed by atoms with E-state index in [1.165, 1.54) is 0 Å². The molecule has 9 N–H and O–H groups in total. The van der Waals surface area contributed by atoms with Crippen LogP contribution in [0.25, 0.3) is 0 Å². The van der Waals surface area contributed by atoms with Gasteiger partial charge in [0.15, 0.2) is 0 Å². The first-order valence-electron chi connectivity index (χ1n) is 21.7. The van der Waals surface area contributed by atoms with Gasteiger partial charge in [0.05, 0.1) is 26.2 Å². The number of carboxylic acid groups (broad SMARTS) is 7. The molecule has 3 atom stereocenters. The molecule has 3 rings (SSSR count). The molecular weight excluding hydrogens is 1060 g/mol. The van der Waals surface area contributed by atoms with E-state index in [9.17, 15) is 69.0 Å². The Morgan fingerprint density at radius 1 is 0.603 bits per heavy atom.